The van der Waals surface area contributed by atoms with Crippen molar-refractivity contribution < 1.29 is 9.47 Å². The highest BCUT2D eigenvalue weighted by Crippen LogP contribution is 2.27. The van der Waals surface area contributed by atoms with Crippen LogP contribution in [0.2, 0.25) is 5.02 Å². The first kappa shape index (κ1) is 13.4. The van der Waals surface area contributed by atoms with E-state index in [0.29, 0.717) is 16.7 Å². The SMILES string of the molecule is CNc1nc(OC)nc(Oc2cc(Cl)ccc2C)n1. The van der Waals surface area contributed by atoms with Gasteiger partial charge in [0.25, 0.3) is 0 Å². The summed E-state index contributed by atoms with van der Waals surface area (Å²) in [6, 6.07) is 5.66. The average Bonchev–Trinajstić information content (AvgIpc) is 2.42. The summed E-state index contributed by atoms with van der Waals surface area (Å²) in [7, 11) is 3.17. The van der Waals surface area contributed by atoms with E-state index in [0.717, 1.165) is 5.56 Å². The topological polar surface area (TPSA) is 69.2 Å². The van der Waals surface area contributed by atoms with E-state index >= 15 is 0 Å². The number of ether oxygens (including phenoxy) is 2. The molecule has 0 aliphatic rings. The van der Waals surface area contributed by atoms with Crippen molar-refractivity contribution in [1.29, 1.82) is 0 Å². The highest BCUT2D eigenvalue weighted by molar-refractivity contribution is 6.30. The monoisotopic (exact) mass is 280 g/mol. The van der Waals surface area contributed by atoms with Gasteiger partial charge < -0.3 is 14.8 Å². The summed E-state index contributed by atoms with van der Waals surface area (Å²) in [4.78, 5) is 12.1. The van der Waals surface area contributed by atoms with E-state index in [-0.39, 0.29) is 12.0 Å². The molecule has 0 fully saturated rings. The molecule has 1 aromatic heterocycles. The van der Waals surface area contributed by atoms with Gasteiger partial charge in [-0.2, -0.15) is 9.97 Å². The minimum atomic E-state index is 0.140. The lowest BCUT2D eigenvalue weighted by atomic mass is 10.2. The fourth-order valence-electron chi connectivity index (χ4n) is 1.37. The number of nitrogens with one attached hydrogen (secondary N) is 1. The first-order valence-electron chi connectivity index (χ1n) is 5.54. The molecule has 6 nitrogen and oxygen atoms in total. The van der Waals surface area contributed by atoms with Gasteiger partial charge in [0.15, 0.2) is 0 Å². The van der Waals surface area contributed by atoms with E-state index in [4.69, 9.17) is 21.1 Å². The Morgan fingerprint density at radius 2 is 1.89 bits per heavy atom. The zero-order chi connectivity index (χ0) is 13.8. The quantitative estimate of drug-likeness (QED) is 0.928. The second kappa shape index (κ2) is 5.71. The summed E-state index contributed by atoms with van der Waals surface area (Å²) < 4.78 is 10.6. The summed E-state index contributed by atoms with van der Waals surface area (Å²) >= 11 is 5.93. The summed E-state index contributed by atoms with van der Waals surface area (Å²) in [5.74, 6) is 0.948. The molecule has 100 valence electrons. The molecule has 0 aliphatic carbocycles. The van der Waals surface area contributed by atoms with Crippen molar-refractivity contribution in [3.05, 3.63) is 28.8 Å². The largest absolute Gasteiger partial charge is 0.467 e. The second-order valence-electron chi connectivity index (χ2n) is 3.69. The van der Waals surface area contributed by atoms with E-state index in [1.165, 1.54) is 7.11 Å². The summed E-state index contributed by atoms with van der Waals surface area (Å²) in [5, 5.41) is 3.38. The highest BCUT2D eigenvalue weighted by atomic mass is 35.5. The van der Waals surface area contributed by atoms with Gasteiger partial charge in [-0.25, -0.2) is 0 Å². The van der Waals surface area contributed by atoms with Crippen LogP contribution in [0, 0.1) is 6.92 Å². The molecule has 1 aromatic carbocycles. The number of rotatable bonds is 4. The molecule has 0 radical (unpaired) electrons. The maximum Gasteiger partial charge on any atom is 0.330 e. The minimum Gasteiger partial charge on any atom is -0.467 e. The number of halogens is 1. The van der Waals surface area contributed by atoms with Gasteiger partial charge in [0.1, 0.15) is 5.75 Å². The smallest absolute Gasteiger partial charge is 0.330 e. The molecule has 1 N–H and O–H groups in total. The van der Waals surface area contributed by atoms with Crippen LogP contribution in [0.15, 0.2) is 18.2 Å². The Hall–Kier alpha value is -2.08. The van der Waals surface area contributed by atoms with Crippen LogP contribution in [0.1, 0.15) is 5.56 Å². The third kappa shape index (κ3) is 3.23. The molecule has 0 bridgehead atoms. The molecule has 7 heteroatoms. The van der Waals surface area contributed by atoms with Gasteiger partial charge in [-0.1, -0.05) is 17.7 Å². The number of anilines is 1. The van der Waals surface area contributed by atoms with Gasteiger partial charge in [-0.3, -0.25) is 0 Å². The van der Waals surface area contributed by atoms with Gasteiger partial charge in [0, 0.05) is 12.1 Å². The van der Waals surface area contributed by atoms with Crippen molar-refractivity contribution in [2.45, 2.75) is 6.92 Å². The maximum atomic E-state index is 5.93. The summed E-state index contributed by atoms with van der Waals surface area (Å²) in [6.07, 6.45) is 0. The molecular formula is C12H13ClN4O2. The molecule has 0 amide bonds. The maximum absolute atomic E-state index is 5.93. The third-order valence-electron chi connectivity index (χ3n) is 2.35. The fourth-order valence-corrected chi connectivity index (χ4v) is 1.53. The molecule has 2 rings (SSSR count). The standard InChI is InChI=1S/C12H13ClN4O2/c1-7-4-5-8(13)6-9(7)19-12-16-10(14-2)15-11(17-12)18-3/h4-6H,1-3H3,(H,14,15,16,17). The summed E-state index contributed by atoms with van der Waals surface area (Å²) in [5.41, 5.74) is 0.926. The van der Waals surface area contributed by atoms with Crippen LogP contribution >= 0.6 is 11.6 Å². The van der Waals surface area contributed by atoms with Crippen LogP contribution in [0.5, 0.6) is 17.8 Å². The molecule has 0 saturated heterocycles. The van der Waals surface area contributed by atoms with E-state index in [2.05, 4.69) is 20.3 Å². The van der Waals surface area contributed by atoms with Crippen molar-refractivity contribution in [1.82, 2.24) is 15.0 Å². The predicted molar refractivity (Wildman–Crippen MR) is 72.2 cm³/mol. The Morgan fingerprint density at radius 1 is 1.16 bits per heavy atom. The van der Waals surface area contributed by atoms with Crippen molar-refractivity contribution in [2.75, 3.05) is 19.5 Å². The minimum absolute atomic E-state index is 0.140. The van der Waals surface area contributed by atoms with Gasteiger partial charge in [0.2, 0.25) is 5.95 Å². The fraction of sp³-hybridized carbons (Fsp3) is 0.250. The number of nitrogens with zero attached hydrogens (tertiary/aromatic N) is 3. The number of methoxy groups -OCH3 is 1. The van der Waals surface area contributed by atoms with Crippen molar-refractivity contribution in [2.24, 2.45) is 0 Å². The van der Waals surface area contributed by atoms with Crippen molar-refractivity contribution in [3.8, 4) is 17.8 Å². The van der Waals surface area contributed by atoms with Crippen LogP contribution in [-0.4, -0.2) is 29.1 Å². The zero-order valence-electron chi connectivity index (χ0n) is 10.8. The van der Waals surface area contributed by atoms with Gasteiger partial charge in [-0.05, 0) is 24.6 Å². The normalized spacial score (nSPS) is 10.1. The van der Waals surface area contributed by atoms with E-state index in [1.54, 1.807) is 19.2 Å². The highest BCUT2D eigenvalue weighted by Gasteiger charge is 2.09. The van der Waals surface area contributed by atoms with Crippen LogP contribution in [0.4, 0.5) is 5.95 Å². The van der Waals surface area contributed by atoms with Crippen LogP contribution in [0.25, 0.3) is 0 Å². The van der Waals surface area contributed by atoms with Gasteiger partial charge in [-0.15, -0.1) is 4.98 Å². The Kier molecular flexibility index (Phi) is 4.01. The lowest BCUT2D eigenvalue weighted by Gasteiger charge is -2.09. The number of aromatic nitrogens is 3. The molecule has 0 unspecified atom stereocenters. The first-order valence-corrected chi connectivity index (χ1v) is 5.92. The third-order valence-corrected chi connectivity index (χ3v) is 2.59. The van der Waals surface area contributed by atoms with Crippen molar-refractivity contribution in [3.63, 3.8) is 0 Å². The first-order chi connectivity index (χ1) is 9.12. The van der Waals surface area contributed by atoms with E-state index in [9.17, 15) is 0 Å². The number of hydrogen-bond acceptors (Lipinski definition) is 6. The molecule has 0 atom stereocenters. The lowest BCUT2D eigenvalue weighted by Crippen LogP contribution is -2.03. The number of aryl methyl sites for hydroxylation is 1. The van der Waals surface area contributed by atoms with Crippen molar-refractivity contribution >= 4 is 17.5 Å². The Labute approximate surface area is 115 Å². The molecule has 0 spiro atoms. The Morgan fingerprint density at radius 3 is 2.58 bits per heavy atom. The Bertz CT molecular complexity index is 570. The number of benzene rings is 1. The molecular weight excluding hydrogens is 268 g/mol. The zero-order valence-corrected chi connectivity index (χ0v) is 11.5. The van der Waals surface area contributed by atoms with Crippen LogP contribution in [-0.2, 0) is 0 Å². The van der Waals surface area contributed by atoms with Crippen LogP contribution < -0.4 is 14.8 Å². The summed E-state index contributed by atoms with van der Waals surface area (Å²) in [6.45, 7) is 1.91. The lowest BCUT2D eigenvalue weighted by molar-refractivity contribution is 0.359. The van der Waals surface area contributed by atoms with Gasteiger partial charge >= 0.3 is 12.0 Å². The molecule has 1 heterocycles. The molecule has 2 aromatic rings. The molecule has 0 aliphatic heterocycles. The molecule has 19 heavy (non-hydrogen) atoms. The number of hydrogen-bond donors (Lipinski definition) is 1. The molecule has 0 saturated carbocycles. The van der Waals surface area contributed by atoms with Crippen LogP contribution in [0.3, 0.4) is 0 Å². The van der Waals surface area contributed by atoms with E-state index in [1.807, 2.05) is 13.0 Å². The van der Waals surface area contributed by atoms with E-state index < -0.39 is 0 Å². The Balaban J connectivity index is 2.34. The average molecular weight is 281 g/mol. The van der Waals surface area contributed by atoms with Gasteiger partial charge in [0.05, 0.1) is 7.11 Å². The predicted octanol–water partition coefficient (Wildman–Crippen LogP) is 2.68. The second-order valence-corrected chi connectivity index (χ2v) is 4.13.